The molecule has 1 amide bonds. The molecule has 5 nitrogen and oxygen atoms in total. The SMILES string of the molecule is Cc1nn(CCF)cc1NC(=O)OC(C)(C)C. The summed E-state index contributed by atoms with van der Waals surface area (Å²) in [5.41, 5.74) is 0.615. The van der Waals surface area contributed by atoms with Gasteiger partial charge in [0.15, 0.2) is 0 Å². The summed E-state index contributed by atoms with van der Waals surface area (Å²) in [4.78, 5) is 11.5. The highest BCUT2D eigenvalue weighted by Gasteiger charge is 2.17. The van der Waals surface area contributed by atoms with Crippen molar-refractivity contribution in [2.24, 2.45) is 0 Å². The zero-order chi connectivity index (χ0) is 13.1. The van der Waals surface area contributed by atoms with Crippen LogP contribution >= 0.6 is 0 Å². The highest BCUT2D eigenvalue weighted by molar-refractivity contribution is 5.85. The third kappa shape index (κ3) is 4.42. The van der Waals surface area contributed by atoms with Crippen LogP contribution in [0.4, 0.5) is 14.9 Å². The lowest BCUT2D eigenvalue weighted by Crippen LogP contribution is -2.27. The van der Waals surface area contributed by atoms with Crippen LogP contribution in [0.5, 0.6) is 0 Å². The second kappa shape index (κ2) is 5.16. The largest absolute Gasteiger partial charge is 0.444 e. The number of nitrogens with zero attached hydrogens (tertiary/aromatic N) is 2. The molecule has 1 aromatic heterocycles. The van der Waals surface area contributed by atoms with Gasteiger partial charge in [-0.1, -0.05) is 0 Å². The fraction of sp³-hybridized carbons (Fsp3) is 0.636. The van der Waals surface area contributed by atoms with Gasteiger partial charge in [0.25, 0.3) is 0 Å². The summed E-state index contributed by atoms with van der Waals surface area (Å²) in [6.45, 7) is 6.77. The molecule has 0 saturated carbocycles. The molecule has 0 unspecified atom stereocenters. The van der Waals surface area contributed by atoms with Gasteiger partial charge in [-0.25, -0.2) is 9.18 Å². The van der Waals surface area contributed by atoms with Gasteiger partial charge in [0.05, 0.1) is 17.9 Å². The van der Waals surface area contributed by atoms with E-state index in [9.17, 15) is 9.18 Å². The Balaban J connectivity index is 2.65. The maximum atomic E-state index is 12.1. The molecule has 0 saturated heterocycles. The van der Waals surface area contributed by atoms with Crippen LogP contribution < -0.4 is 5.32 Å². The van der Waals surface area contributed by atoms with Gasteiger partial charge in [-0.15, -0.1) is 0 Å². The van der Waals surface area contributed by atoms with Crippen LogP contribution in [0.2, 0.25) is 0 Å². The molecule has 0 radical (unpaired) electrons. The molecule has 1 rings (SSSR count). The number of anilines is 1. The first-order valence-electron chi connectivity index (χ1n) is 5.42. The first-order valence-corrected chi connectivity index (χ1v) is 5.42. The zero-order valence-corrected chi connectivity index (χ0v) is 10.6. The summed E-state index contributed by atoms with van der Waals surface area (Å²) < 4.78 is 18.7. The number of nitrogens with one attached hydrogen (secondary N) is 1. The Labute approximate surface area is 99.9 Å². The number of alkyl halides is 1. The van der Waals surface area contributed by atoms with Gasteiger partial charge in [-0.05, 0) is 27.7 Å². The molecule has 0 aliphatic heterocycles. The van der Waals surface area contributed by atoms with E-state index in [1.165, 1.54) is 4.68 Å². The van der Waals surface area contributed by atoms with Crippen molar-refractivity contribution in [2.75, 3.05) is 12.0 Å². The minimum Gasteiger partial charge on any atom is -0.444 e. The number of hydrogen-bond acceptors (Lipinski definition) is 3. The highest BCUT2D eigenvalue weighted by Crippen LogP contribution is 2.14. The third-order valence-corrected chi connectivity index (χ3v) is 1.90. The van der Waals surface area contributed by atoms with E-state index in [0.717, 1.165) is 0 Å². The first-order chi connectivity index (χ1) is 7.81. The number of carbonyl (C=O) groups is 1. The molecule has 1 N–H and O–H groups in total. The minimum atomic E-state index is -0.549. The molecular formula is C11H18FN3O2. The lowest BCUT2D eigenvalue weighted by Gasteiger charge is -2.19. The number of aryl methyl sites for hydroxylation is 2. The van der Waals surface area contributed by atoms with Crippen molar-refractivity contribution in [3.05, 3.63) is 11.9 Å². The number of aromatic nitrogens is 2. The molecule has 0 atom stereocenters. The van der Waals surface area contributed by atoms with Crippen molar-refractivity contribution in [1.29, 1.82) is 0 Å². The van der Waals surface area contributed by atoms with Gasteiger partial charge < -0.3 is 4.74 Å². The Morgan fingerprint density at radius 1 is 1.59 bits per heavy atom. The van der Waals surface area contributed by atoms with E-state index in [4.69, 9.17) is 4.74 Å². The summed E-state index contributed by atoms with van der Waals surface area (Å²) in [7, 11) is 0. The topological polar surface area (TPSA) is 56.2 Å². The van der Waals surface area contributed by atoms with Crippen LogP contribution in [0.1, 0.15) is 26.5 Å². The number of hydrogen-bond donors (Lipinski definition) is 1. The molecule has 96 valence electrons. The summed E-state index contributed by atoms with van der Waals surface area (Å²) in [6, 6.07) is 0. The molecule has 0 aliphatic rings. The molecule has 0 aromatic carbocycles. The standard InChI is InChI=1S/C11H18FN3O2/c1-8-9(7-15(14-8)6-5-12)13-10(16)17-11(2,3)4/h7H,5-6H2,1-4H3,(H,13,16). The molecular weight excluding hydrogens is 225 g/mol. The Hall–Kier alpha value is -1.59. The second-order valence-corrected chi connectivity index (χ2v) is 4.71. The van der Waals surface area contributed by atoms with Crippen LogP contribution in [0.25, 0.3) is 0 Å². The monoisotopic (exact) mass is 243 g/mol. The second-order valence-electron chi connectivity index (χ2n) is 4.71. The highest BCUT2D eigenvalue weighted by atomic mass is 19.1. The van der Waals surface area contributed by atoms with Crippen LogP contribution in [0.15, 0.2) is 6.20 Å². The lowest BCUT2D eigenvalue weighted by molar-refractivity contribution is 0.0636. The van der Waals surface area contributed by atoms with Gasteiger partial charge in [-0.2, -0.15) is 5.10 Å². The maximum absolute atomic E-state index is 12.1. The Kier molecular flexibility index (Phi) is 4.09. The smallest absolute Gasteiger partial charge is 0.412 e. The van der Waals surface area contributed by atoms with E-state index < -0.39 is 18.4 Å². The predicted molar refractivity (Wildman–Crippen MR) is 62.8 cm³/mol. The van der Waals surface area contributed by atoms with Gasteiger partial charge in [0.2, 0.25) is 0 Å². The summed E-state index contributed by atoms with van der Waals surface area (Å²) >= 11 is 0. The average molecular weight is 243 g/mol. The maximum Gasteiger partial charge on any atom is 0.412 e. The van der Waals surface area contributed by atoms with Crippen molar-refractivity contribution >= 4 is 11.8 Å². The fourth-order valence-corrected chi connectivity index (χ4v) is 1.26. The summed E-state index contributed by atoms with van der Waals surface area (Å²) in [5, 5.41) is 6.63. The fourth-order valence-electron chi connectivity index (χ4n) is 1.26. The quantitative estimate of drug-likeness (QED) is 0.887. The number of rotatable bonds is 3. The molecule has 0 fully saturated rings. The Bertz CT molecular complexity index is 396. The number of amides is 1. The van der Waals surface area contributed by atoms with Crippen LogP contribution in [0, 0.1) is 6.92 Å². The molecule has 0 bridgehead atoms. The summed E-state index contributed by atoms with van der Waals surface area (Å²) in [6.07, 6.45) is 1.04. The number of carbonyl (C=O) groups excluding carboxylic acids is 1. The molecule has 6 heteroatoms. The van der Waals surface area contributed by atoms with Crippen molar-refractivity contribution < 1.29 is 13.9 Å². The normalized spacial score (nSPS) is 11.4. The number of halogens is 1. The molecule has 1 aromatic rings. The molecule has 0 spiro atoms. The van der Waals surface area contributed by atoms with E-state index in [-0.39, 0.29) is 6.54 Å². The first kappa shape index (κ1) is 13.5. The zero-order valence-electron chi connectivity index (χ0n) is 10.6. The average Bonchev–Trinajstić information content (AvgIpc) is 2.44. The Morgan fingerprint density at radius 2 is 2.24 bits per heavy atom. The van der Waals surface area contributed by atoms with E-state index in [1.54, 1.807) is 33.9 Å². The van der Waals surface area contributed by atoms with E-state index in [1.807, 2.05) is 0 Å². The van der Waals surface area contributed by atoms with Gasteiger partial charge in [0, 0.05) is 6.20 Å². The lowest BCUT2D eigenvalue weighted by atomic mass is 10.2. The molecule has 1 heterocycles. The van der Waals surface area contributed by atoms with E-state index in [0.29, 0.717) is 11.4 Å². The van der Waals surface area contributed by atoms with Crippen LogP contribution in [0.3, 0.4) is 0 Å². The minimum absolute atomic E-state index is 0.177. The summed E-state index contributed by atoms with van der Waals surface area (Å²) in [5.74, 6) is 0. The molecule has 17 heavy (non-hydrogen) atoms. The van der Waals surface area contributed by atoms with Gasteiger partial charge in [-0.3, -0.25) is 10.00 Å². The van der Waals surface area contributed by atoms with Crippen molar-refractivity contribution in [2.45, 2.75) is 39.8 Å². The van der Waals surface area contributed by atoms with E-state index >= 15 is 0 Å². The van der Waals surface area contributed by atoms with Gasteiger partial charge in [0.1, 0.15) is 12.3 Å². The molecule has 0 aliphatic carbocycles. The van der Waals surface area contributed by atoms with Gasteiger partial charge >= 0.3 is 6.09 Å². The van der Waals surface area contributed by atoms with Crippen LogP contribution in [-0.4, -0.2) is 28.1 Å². The number of ether oxygens (including phenoxy) is 1. The Morgan fingerprint density at radius 3 is 2.76 bits per heavy atom. The van der Waals surface area contributed by atoms with Crippen molar-refractivity contribution in [3.8, 4) is 0 Å². The van der Waals surface area contributed by atoms with Crippen molar-refractivity contribution in [1.82, 2.24) is 9.78 Å². The third-order valence-electron chi connectivity index (χ3n) is 1.90. The predicted octanol–water partition coefficient (Wildman–Crippen LogP) is 2.51. The van der Waals surface area contributed by atoms with Crippen molar-refractivity contribution in [3.63, 3.8) is 0 Å². The van der Waals surface area contributed by atoms with E-state index in [2.05, 4.69) is 10.4 Å². The van der Waals surface area contributed by atoms with Crippen LogP contribution in [-0.2, 0) is 11.3 Å².